The maximum absolute atomic E-state index is 12.4. The van der Waals surface area contributed by atoms with Crippen LogP contribution in [0.15, 0.2) is 52.1 Å². The maximum Gasteiger partial charge on any atom is 0.277 e. The molecule has 0 saturated heterocycles. The minimum atomic E-state index is -0.430. The van der Waals surface area contributed by atoms with Crippen LogP contribution in [0.4, 0.5) is 5.69 Å². The molecule has 0 saturated carbocycles. The summed E-state index contributed by atoms with van der Waals surface area (Å²) < 4.78 is 5.62. The Morgan fingerprint density at radius 3 is 2.73 bits per heavy atom. The average Bonchev–Trinajstić information content (AvgIpc) is 3.07. The predicted molar refractivity (Wildman–Crippen MR) is 105 cm³/mol. The van der Waals surface area contributed by atoms with E-state index < -0.39 is 5.25 Å². The number of benzene rings is 2. The largest absolute Gasteiger partial charge is 0.411 e. The lowest BCUT2D eigenvalue weighted by molar-refractivity contribution is -0.115. The normalized spacial score (nSPS) is 12.0. The molecule has 2 aromatic carbocycles. The van der Waals surface area contributed by atoms with E-state index in [4.69, 9.17) is 27.6 Å². The number of halogens is 2. The SMILES string of the molecule is Cc1c(Cl)cccc1NC(=O)[C@H](C)Sc1nnc(-c2cccc(Cl)c2)o1. The first kappa shape index (κ1) is 18.8. The smallest absolute Gasteiger partial charge is 0.277 e. The molecule has 5 nitrogen and oxygen atoms in total. The average molecular weight is 408 g/mol. The van der Waals surface area contributed by atoms with Crippen molar-refractivity contribution in [1.29, 1.82) is 0 Å². The number of hydrogen-bond donors (Lipinski definition) is 1. The molecule has 0 unspecified atom stereocenters. The molecule has 3 aromatic rings. The Labute approximate surface area is 165 Å². The van der Waals surface area contributed by atoms with Gasteiger partial charge in [0.2, 0.25) is 11.8 Å². The summed E-state index contributed by atoms with van der Waals surface area (Å²) in [6.45, 7) is 3.62. The molecular weight excluding hydrogens is 393 g/mol. The summed E-state index contributed by atoms with van der Waals surface area (Å²) >= 11 is 13.2. The minimum Gasteiger partial charge on any atom is -0.411 e. The van der Waals surface area contributed by atoms with Crippen LogP contribution in [0.2, 0.25) is 10.0 Å². The third-order valence-corrected chi connectivity index (χ3v) is 5.23. The minimum absolute atomic E-state index is 0.178. The highest BCUT2D eigenvalue weighted by Gasteiger charge is 2.19. The zero-order chi connectivity index (χ0) is 18.7. The summed E-state index contributed by atoms with van der Waals surface area (Å²) in [6, 6.07) is 12.5. The number of anilines is 1. The van der Waals surface area contributed by atoms with Crippen LogP contribution in [-0.4, -0.2) is 21.4 Å². The molecule has 0 bridgehead atoms. The number of rotatable bonds is 5. The number of hydrogen-bond acceptors (Lipinski definition) is 5. The van der Waals surface area contributed by atoms with Crippen molar-refractivity contribution in [3.8, 4) is 11.5 Å². The van der Waals surface area contributed by atoms with Gasteiger partial charge in [-0.25, -0.2) is 0 Å². The molecular formula is C18H15Cl2N3O2S. The van der Waals surface area contributed by atoms with Gasteiger partial charge in [0, 0.05) is 21.3 Å². The fourth-order valence-electron chi connectivity index (χ4n) is 2.18. The van der Waals surface area contributed by atoms with E-state index in [1.54, 1.807) is 43.3 Å². The van der Waals surface area contributed by atoms with Crippen molar-refractivity contribution < 1.29 is 9.21 Å². The number of aromatic nitrogens is 2. The summed E-state index contributed by atoms with van der Waals surface area (Å²) in [7, 11) is 0. The number of amides is 1. The van der Waals surface area contributed by atoms with Gasteiger partial charge >= 0.3 is 0 Å². The molecule has 1 amide bonds. The molecule has 0 aliphatic rings. The highest BCUT2D eigenvalue weighted by atomic mass is 35.5. The van der Waals surface area contributed by atoms with Gasteiger partial charge in [-0.1, -0.05) is 47.1 Å². The van der Waals surface area contributed by atoms with Crippen molar-refractivity contribution in [3.05, 3.63) is 58.1 Å². The second kappa shape index (κ2) is 8.12. The van der Waals surface area contributed by atoms with Crippen LogP contribution >= 0.6 is 35.0 Å². The number of nitrogens with zero attached hydrogens (tertiary/aromatic N) is 2. The first-order valence-electron chi connectivity index (χ1n) is 7.76. The standard InChI is InChI=1S/C18H15Cl2N3O2S/c1-10-14(20)7-4-8-15(10)21-16(24)11(2)26-18-23-22-17(25-18)12-5-3-6-13(19)9-12/h3-9,11H,1-2H3,(H,21,24)/t11-/m0/s1. The highest BCUT2D eigenvalue weighted by Crippen LogP contribution is 2.29. The first-order valence-corrected chi connectivity index (χ1v) is 9.39. The van der Waals surface area contributed by atoms with Crippen molar-refractivity contribution in [2.75, 3.05) is 5.32 Å². The van der Waals surface area contributed by atoms with Gasteiger partial charge < -0.3 is 9.73 Å². The second-order valence-corrected chi connectivity index (χ2v) is 7.68. The van der Waals surface area contributed by atoms with E-state index in [2.05, 4.69) is 15.5 Å². The number of nitrogens with one attached hydrogen (secondary N) is 1. The van der Waals surface area contributed by atoms with E-state index in [1.807, 2.05) is 13.0 Å². The van der Waals surface area contributed by atoms with Crippen LogP contribution in [0, 0.1) is 6.92 Å². The molecule has 0 aliphatic carbocycles. The fraction of sp³-hybridized carbons (Fsp3) is 0.167. The van der Waals surface area contributed by atoms with Crippen molar-refractivity contribution in [1.82, 2.24) is 10.2 Å². The van der Waals surface area contributed by atoms with Crippen LogP contribution < -0.4 is 5.32 Å². The van der Waals surface area contributed by atoms with E-state index in [0.717, 1.165) is 11.1 Å². The monoisotopic (exact) mass is 407 g/mol. The van der Waals surface area contributed by atoms with E-state index in [0.29, 0.717) is 26.8 Å². The molecule has 0 spiro atoms. The van der Waals surface area contributed by atoms with Crippen LogP contribution in [0.1, 0.15) is 12.5 Å². The molecule has 26 heavy (non-hydrogen) atoms. The number of thioether (sulfide) groups is 1. The zero-order valence-electron chi connectivity index (χ0n) is 14.0. The molecule has 1 heterocycles. The van der Waals surface area contributed by atoms with Gasteiger partial charge in [-0.05, 0) is 49.7 Å². The molecule has 0 radical (unpaired) electrons. The molecule has 0 fully saturated rings. The van der Waals surface area contributed by atoms with Crippen molar-refractivity contribution >= 4 is 46.6 Å². The lowest BCUT2D eigenvalue weighted by Crippen LogP contribution is -2.22. The maximum atomic E-state index is 12.4. The third-order valence-electron chi connectivity index (χ3n) is 3.65. The topological polar surface area (TPSA) is 68.0 Å². The highest BCUT2D eigenvalue weighted by molar-refractivity contribution is 8.00. The van der Waals surface area contributed by atoms with Gasteiger partial charge in [-0.2, -0.15) is 0 Å². The summed E-state index contributed by atoms with van der Waals surface area (Å²) in [5, 5.41) is 11.9. The molecule has 8 heteroatoms. The van der Waals surface area contributed by atoms with E-state index in [9.17, 15) is 4.79 Å². The molecule has 0 aliphatic heterocycles. The van der Waals surface area contributed by atoms with Crippen LogP contribution in [0.5, 0.6) is 0 Å². The van der Waals surface area contributed by atoms with Gasteiger partial charge in [0.05, 0.1) is 5.25 Å². The lowest BCUT2D eigenvalue weighted by Gasteiger charge is -2.12. The summed E-state index contributed by atoms with van der Waals surface area (Å²) in [5.41, 5.74) is 2.23. The lowest BCUT2D eigenvalue weighted by atomic mass is 10.2. The second-order valence-electron chi connectivity index (χ2n) is 5.55. The zero-order valence-corrected chi connectivity index (χ0v) is 16.3. The molecule has 134 valence electrons. The number of carbonyl (C=O) groups excluding carboxylic acids is 1. The van der Waals surface area contributed by atoms with Crippen LogP contribution in [-0.2, 0) is 4.79 Å². The Bertz CT molecular complexity index is 946. The Morgan fingerprint density at radius 2 is 1.96 bits per heavy atom. The first-order chi connectivity index (χ1) is 12.4. The summed E-state index contributed by atoms with van der Waals surface area (Å²) in [5.74, 6) is 0.177. The van der Waals surface area contributed by atoms with Gasteiger partial charge in [0.15, 0.2) is 0 Å². The summed E-state index contributed by atoms with van der Waals surface area (Å²) in [6.07, 6.45) is 0. The van der Waals surface area contributed by atoms with Gasteiger partial charge in [-0.15, -0.1) is 10.2 Å². The third kappa shape index (κ3) is 4.38. The van der Waals surface area contributed by atoms with Crippen LogP contribution in [0.3, 0.4) is 0 Å². The van der Waals surface area contributed by atoms with Crippen molar-refractivity contribution in [2.24, 2.45) is 0 Å². The quantitative estimate of drug-likeness (QED) is 0.567. The van der Waals surface area contributed by atoms with Gasteiger partial charge in [-0.3, -0.25) is 4.79 Å². The molecule has 1 aromatic heterocycles. The molecule has 3 rings (SSSR count). The van der Waals surface area contributed by atoms with Gasteiger partial charge in [0.1, 0.15) is 0 Å². The Hall–Kier alpha value is -2.02. The Kier molecular flexibility index (Phi) is 5.86. The summed E-state index contributed by atoms with van der Waals surface area (Å²) in [4.78, 5) is 12.4. The van der Waals surface area contributed by atoms with Crippen molar-refractivity contribution in [3.63, 3.8) is 0 Å². The fourth-order valence-corrected chi connectivity index (χ4v) is 3.23. The van der Waals surface area contributed by atoms with Gasteiger partial charge in [0.25, 0.3) is 5.22 Å². The number of carbonyl (C=O) groups is 1. The predicted octanol–water partition coefficient (Wildman–Crippen LogP) is 5.47. The van der Waals surface area contributed by atoms with E-state index in [-0.39, 0.29) is 5.91 Å². The Balaban J connectivity index is 1.67. The van der Waals surface area contributed by atoms with Crippen LogP contribution in [0.25, 0.3) is 11.5 Å². The molecule has 1 atom stereocenters. The van der Waals surface area contributed by atoms with E-state index >= 15 is 0 Å². The van der Waals surface area contributed by atoms with Crippen molar-refractivity contribution in [2.45, 2.75) is 24.3 Å². The Morgan fingerprint density at radius 1 is 1.19 bits per heavy atom. The van der Waals surface area contributed by atoms with E-state index in [1.165, 1.54) is 11.8 Å². The molecule has 1 N–H and O–H groups in total.